The molecule has 37 heavy (non-hydrogen) atoms. The van der Waals surface area contributed by atoms with Crippen LogP contribution in [0.25, 0.3) is 6.08 Å². The summed E-state index contributed by atoms with van der Waals surface area (Å²) >= 11 is 0. The lowest BCUT2D eigenvalue weighted by molar-refractivity contribution is -0.111. The molecule has 0 saturated heterocycles. The summed E-state index contributed by atoms with van der Waals surface area (Å²) in [5.41, 5.74) is 4.76. The molecule has 7 nitrogen and oxygen atoms in total. The summed E-state index contributed by atoms with van der Waals surface area (Å²) < 4.78 is 18.8. The minimum atomic E-state index is -0.260. The molecule has 4 rings (SSSR count). The number of hydrogen-bond acceptors (Lipinski definition) is 5. The average molecular weight is 498 g/mol. The third-order valence-electron chi connectivity index (χ3n) is 5.74. The minimum absolute atomic E-state index is 0.246. The Morgan fingerprint density at radius 2 is 1.73 bits per heavy atom. The minimum Gasteiger partial charge on any atom is -0.496 e. The molecule has 1 heterocycles. The lowest BCUT2D eigenvalue weighted by Gasteiger charge is -2.11. The van der Waals surface area contributed by atoms with Crippen LogP contribution in [0.5, 0.6) is 17.2 Å². The van der Waals surface area contributed by atoms with Crippen molar-refractivity contribution in [2.24, 2.45) is 0 Å². The summed E-state index contributed by atoms with van der Waals surface area (Å²) in [6.07, 6.45) is 7.52. The summed E-state index contributed by atoms with van der Waals surface area (Å²) in [6.45, 7) is 4.75. The van der Waals surface area contributed by atoms with E-state index < -0.39 is 0 Å². The zero-order chi connectivity index (χ0) is 26.0. The largest absolute Gasteiger partial charge is 0.496 e. The Bertz CT molecular complexity index is 1340. The van der Waals surface area contributed by atoms with E-state index in [9.17, 15) is 4.79 Å². The standard InChI is InChI=1S/C30H31N3O4/c1-4-23-7-13-28(14-8-23)37-21-33-19-26(18-31-33)32-30(34)16-10-24-9-15-29(35-3)25(17-24)20-36-27-11-5-22(2)6-12-27/h5-19H,4,20-21H2,1-3H3,(H,32,34)/b16-10+. The Kier molecular flexibility index (Phi) is 8.60. The molecule has 0 spiro atoms. The number of rotatable bonds is 11. The van der Waals surface area contributed by atoms with Gasteiger partial charge in [0.1, 0.15) is 23.9 Å². The van der Waals surface area contributed by atoms with Gasteiger partial charge in [0, 0.05) is 11.6 Å². The topological polar surface area (TPSA) is 74.6 Å². The highest BCUT2D eigenvalue weighted by Crippen LogP contribution is 2.23. The molecular formula is C30H31N3O4. The van der Waals surface area contributed by atoms with Crippen LogP contribution in [0, 0.1) is 6.92 Å². The summed E-state index contributed by atoms with van der Waals surface area (Å²) in [5.74, 6) is 2.02. The van der Waals surface area contributed by atoms with Crippen molar-refractivity contribution in [1.29, 1.82) is 0 Å². The fourth-order valence-corrected chi connectivity index (χ4v) is 3.63. The maximum atomic E-state index is 12.5. The number of methoxy groups -OCH3 is 1. The first kappa shape index (κ1) is 25.6. The van der Waals surface area contributed by atoms with Gasteiger partial charge in [0.05, 0.1) is 25.2 Å². The lowest BCUT2D eigenvalue weighted by atomic mass is 10.1. The average Bonchev–Trinajstić information content (AvgIpc) is 3.37. The molecule has 3 aromatic carbocycles. The maximum Gasteiger partial charge on any atom is 0.248 e. The molecule has 0 aliphatic carbocycles. The molecule has 0 radical (unpaired) electrons. The fourth-order valence-electron chi connectivity index (χ4n) is 3.63. The van der Waals surface area contributed by atoms with Crippen LogP contribution in [-0.4, -0.2) is 22.8 Å². The molecule has 0 unspecified atom stereocenters. The first-order valence-electron chi connectivity index (χ1n) is 12.1. The van der Waals surface area contributed by atoms with Crippen LogP contribution in [0.4, 0.5) is 5.69 Å². The third-order valence-corrected chi connectivity index (χ3v) is 5.74. The van der Waals surface area contributed by atoms with Crippen LogP contribution >= 0.6 is 0 Å². The number of ether oxygens (including phenoxy) is 3. The SMILES string of the molecule is CCc1ccc(OCn2cc(NC(=O)/C=C/c3ccc(OC)c(COc4ccc(C)cc4)c3)cn2)cc1. The maximum absolute atomic E-state index is 12.5. The molecule has 0 atom stereocenters. The Labute approximate surface area is 217 Å². The molecule has 0 aliphatic rings. The van der Waals surface area contributed by atoms with Crippen molar-refractivity contribution in [2.45, 2.75) is 33.6 Å². The Morgan fingerprint density at radius 1 is 1.00 bits per heavy atom. The van der Waals surface area contributed by atoms with Crippen LogP contribution in [0.3, 0.4) is 0 Å². The van der Waals surface area contributed by atoms with E-state index >= 15 is 0 Å². The molecule has 4 aromatic rings. The first-order chi connectivity index (χ1) is 18.0. The van der Waals surface area contributed by atoms with E-state index in [2.05, 4.69) is 17.3 Å². The van der Waals surface area contributed by atoms with Gasteiger partial charge in [-0.3, -0.25) is 4.79 Å². The van der Waals surface area contributed by atoms with Gasteiger partial charge in [-0.05, 0) is 66.9 Å². The highest BCUT2D eigenvalue weighted by molar-refractivity contribution is 6.01. The number of nitrogens with one attached hydrogen (secondary N) is 1. The second-order valence-corrected chi connectivity index (χ2v) is 8.54. The number of aryl methyl sites for hydroxylation is 2. The first-order valence-corrected chi connectivity index (χ1v) is 12.1. The summed E-state index contributed by atoms with van der Waals surface area (Å²) in [6, 6.07) is 21.5. The van der Waals surface area contributed by atoms with Crippen molar-refractivity contribution in [1.82, 2.24) is 9.78 Å². The molecule has 0 bridgehead atoms. The van der Waals surface area contributed by atoms with Gasteiger partial charge < -0.3 is 19.5 Å². The van der Waals surface area contributed by atoms with Gasteiger partial charge in [0.15, 0.2) is 6.73 Å². The van der Waals surface area contributed by atoms with Crippen LogP contribution in [0.15, 0.2) is 85.2 Å². The van der Waals surface area contributed by atoms with Crippen molar-refractivity contribution < 1.29 is 19.0 Å². The molecule has 0 saturated carbocycles. The van der Waals surface area contributed by atoms with E-state index in [-0.39, 0.29) is 12.6 Å². The number of benzene rings is 3. The van der Waals surface area contributed by atoms with Gasteiger partial charge in [0.25, 0.3) is 0 Å². The Hall–Kier alpha value is -4.52. The predicted octanol–water partition coefficient (Wildman–Crippen LogP) is 6.03. The molecule has 7 heteroatoms. The van der Waals surface area contributed by atoms with Crippen LogP contribution in [-0.2, 0) is 24.6 Å². The van der Waals surface area contributed by atoms with Crippen molar-refractivity contribution >= 4 is 17.7 Å². The van der Waals surface area contributed by atoms with Gasteiger partial charge in [-0.25, -0.2) is 4.68 Å². The van der Waals surface area contributed by atoms with Gasteiger partial charge >= 0.3 is 0 Å². The summed E-state index contributed by atoms with van der Waals surface area (Å²) in [4.78, 5) is 12.5. The van der Waals surface area contributed by atoms with Gasteiger partial charge in [0.2, 0.25) is 5.91 Å². The highest BCUT2D eigenvalue weighted by Gasteiger charge is 2.07. The summed E-state index contributed by atoms with van der Waals surface area (Å²) in [7, 11) is 1.63. The van der Waals surface area contributed by atoms with Crippen LogP contribution < -0.4 is 19.5 Å². The van der Waals surface area contributed by atoms with Gasteiger partial charge in [-0.2, -0.15) is 5.10 Å². The number of amides is 1. The number of carbonyl (C=O) groups excluding carboxylic acids is 1. The van der Waals surface area contributed by atoms with E-state index in [1.54, 1.807) is 30.3 Å². The molecule has 1 amide bonds. The third kappa shape index (κ3) is 7.48. The number of nitrogens with zero attached hydrogens (tertiary/aromatic N) is 2. The smallest absolute Gasteiger partial charge is 0.248 e. The van der Waals surface area contributed by atoms with Crippen molar-refractivity contribution in [3.8, 4) is 17.2 Å². The van der Waals surface area contributed by atoms with Gasteiger partial charge in [-0.15, -0.1) is 0 Å². The highest BCUT2D eigenvalue weighted by atomic mass is 16.5. The monoisotopic (exact) mass is 497 g/mol. The summed E-state index contributed by atoms with van der Waals surface area (Å²) in [5, 5.41) is 7.06. The fraction of sp³-hybridized carbons (Fsp3) is 0.200. The van der Waals surface area contributed by atoms with E-state index in [1.165, 1.54) is 17.2 Å². The van der Waals surface area contributed by atoms with E-state index in [0.717, 1.165) is 34.8 Å². The number of aromatic nitrogens is 2. The number of anilines is 1. The van der Waals surface area contributed by atoms with E-state index in [1.807, 2.05) is 73.7 Å². The molecule has 1 N–H and O–H groups in total. The van der Waals surface area contributed by atoms with E-state index in [4.69, 9.17) is 14.2 Å². The Balaban J connectivity index is 1.31. The predicted molar refractivity (Wildman–Crippen MR) is 145 cm³/mol. The van der Waals surface area contributed by atoms with Crippen molar-refractivity contribution in [2.75, 3.05) is 12.4 Å². The zero-order valence-corrected chi connectivity index (χ0v) is 21.3. The van der Waals surface area contributed by atoms with E-state index in [0.29, 0.717) is 12.3 Å². The van der Waals surface area contributed by atoms with Crippen molar-refractivity contribution in [3.63, 3.8) is 0 Å². The quantitative estimate of drug-likeness (QED) is 0.256. The van der Waals surface area contributed by atoms with Gasteiger partial charge in [-0.1, -0.05) is 42.8 Å². The second kappa shape index (κ2) is 12.4. The zero-order valence-electron chi connectivity index (χ0n) is 21.3. The molecular weight excluding hydrogens is 466 g/mol. The molecule has 0 fully saturated rings. The number of hydrogen-bond donors (Lipinski definition) is 1. The number of carbonyl (C=O) groups is 1. The van der Waals surface area contributed by atoms with Crippen LogP contribution in [0.2, 0.25) is 0 Å². The molecule has 0 aliphatic heterocycles. The second-order valence-electron chi connectivity index (χ2n) is 8.54. The van der Waals surface area contributed by atoms with Crippen molar-refractivity contribution in [3.05, 3.63) is 107 Å². The molecule has 1 aromatic heterocycles. The normalized spacial score (nSPS) is 10.9. The molecule has 190 valence electrons. The lowest BCUT2D eigenvalue weighted by Crippen LogP contribution is -2.08. The Morgan fingerprint density at radius 3 is 2.46 bits per heavy atom. The van der Waals surface area contributed by atoms with Crippen LogP contribution in [0.1, 0.15) is 29.2 Å².